The Hall–Kier alpha value is -4.44. The maximum Gasteiger partial charge on any atom is 0.416 e. The number of amides is 3. The number of aromatic nitrogens is 2. The summed E-state index contributed by atoms with van der Waals surface area (Å²) < 4.78 is 80.8. The monoisotopic (exact) mass is 664 g/mol. The molecule has 0 saturated carbocycles. The van der Waals surface area contributed by atoms with Crippen molar-refractivity contribution in [2.45, 2.75) is 35.1 Å². The lowest BCUT2D eigenvalue weighted by atomic mass is 9.84. The van der Waals surface area contributed by atoms with Crippen molar-refractivity contribution in [2.24, 2.45) is 5.92 Å². The number of thiazole rings is 1. The van der Waals surface area contributed by atoms with Crippen LogP contribution in [-0.2, 0) is 33.3 Å². The van der Waals surface area contributed by atoms with Crippen molar-refractivity contribution in [3.63, 3.8) is 0 Å². The Balaban J connectivity index is 1.37. The first-order chi connectivity index (χ1) is 21.2. The van der Waals surface area contributed by atoms with E-state index in [-0.39, 0.29) is 16.4 Å². The number of pyridine rings is 1. The van der Waals surface area contributed by atoms with E-state index >= 15 is 0 Å². The average molecular weight is 665 g/mol. The zero-order valence-electron chi connectivity index (χ0n) is 22.4. The lowest BCUT2D eigenvalue weighted by Crippen LogP contribution is -2.33. The Labute approximate surface area is 257 Å². The van der Waals surface area contributed by atoms with Crippen LogP contribution in [-0.4, -0.2) is 32.5 Å². The highest BCUT2D eigenvalue weighted by molar-refractivity contribution is 8.00. The molecule has 3 atom stereocenters. The van der Waals surface area contributed by atoms with Crippen molar-refractivity contribution in [3.8, 4) is 0 Å². The number of alkyl halides is 6. The summed E-state index contributed by atoms with van der Waals surface area (Å²) in [5.74, 6) is -4.40. The predicted molar refractivity (Wildman–Crippen MR) is 152 cm³/mol. The fourth-order valence-corrected chi connectivity index (χ4v) is 8.14. The molecular formula is C29H18F6N4O4S2. The fourth-order valence-electron chi connectivity index (χ4n) is 5.37. The molecule has 3 amide bonds. The van der Waals surface area contributed by atoms with Crippen LogP contribution in [0, 0.1) is 5.92 Å². The van der Waals surface area contributed by atoms with Crippen molar-refractivity contribution >= 4 is 52.2 Å². The molecule has 16 heteroatoms. The summed E-state index contributed by atoms with van der Waals surface area (Å²) in [5, 5.41) is 1.36. The summed E-state index contributed by atoms with van der Waals surface area (Å²) in [6, 6.07) is 11.0. The largest absolute Gasteiger partial charge is 0.416 e. The van der Waals surface area contributed by atoms with E-state index in [1.165, 1.54) is 24.5 Å². The molecule has 2 aromatic carbocycles. The number of nitrogens with zero attached hydrogens (tertiary/aromatic N) is 3. The fraction of sp³-hybridized carbons (Fsp3) is 0.207. The summed E-state index contributed by atoms with van der Waals surface area (Å²) in [6.45, 7) is -0.620. The number of rotatable bonds is 5. The average Bonchev–Trinajstić information content (AvgIpc) is 3.43. The molecule has 8 nitrogen and oxygen atoms in total. The molecule has 2 aliphatic heterocycles. The highest BCUT2D eigenvalue weighted by atomic mass is 32.2. The molecule has 1 N–H and O–H groups in total. The molecule has 6 rings (SSSR count). The lowest BCUT2D eigenvalue weighted by Gasteiger charge is -2.30. The summed E-state index contributed by atoms with van der Waals surface area (Å²) in [5.41, 5.74) is -1.99. The SMILES string of the molecule is O=C(Cn1c2c(sc1=O)[C@H](c1cccnc1)C1C(=O)N(c3cccc(C(F)(F)F)c3)C(=O)C1S2)Nc1cccc(C(F)(F)F)c1. The molecule has 45 heavy (non-hydrogen) atoms. The first-order valence-corrected chi connectivity index (χ1v) is 14.8. The van der Waals surface area contributed by atoms with E-state index in [1.54, 1.807) is 12.1 Å². The smallest absolute Gasteiger partial charge is 0.325 e. The van der Waals surface area contributed by atoms with Crippen molar-refractivity contribution < 1.29 is 40.7 Å². The van der Waals surface area contributed by atoms with Gasteiger partial charge in [0.25, 0.3) is 0 Å². The molecule has 1 fully saturated rings. The molecule has 2 aliphatic rings. The second kappa shape index (κ2) is 11.2. The molecule has 2 unspecified atom stereocenters. The van der Waals surface area contributed by atoms with Crippen molar-refractivity contribution in [2.75, 3.05) is 10.2 Å². The second-order valence-corrected chi connectivity index (χ2v) is 12.3. The number of fused-ring (bicyclic) bond motifs is 2. The maximum absolute atomic E-state index is 13.8. The Morgan fingerprint density at radius 1 is 0.889 bits per heavy atom. The molecular weight excluding hydrogens is 646 g/mol. The molecule has 4 heterocycles. The Kier molecular flexibility index (Phi) is 7.59. The van der Waals surface area contributed by atoms with Crippen LogP contribution in [0.15, 0.2) is 82.9 Å². The van der Waals surface area contributed by atoms with E-state index in [0.29, 0.717) is 21.4 Å². The van der Waals surface area contributed by atoms with E-state index in [4.69, 9.17) is 0 Å². The lowest BCUT2D eigenvalue weighted by molar-refractivity contribution is -0.138. The van der Waals surface area contributed by atoms with Gasteiger partial charge < -0.3 is 5.32 Å². The number of hydrogen-bond acceptors (Lipinski definition) is 7. The number of carbonyl (C=O) groups is 3. The second-order valence-electron chi connectivity index (χ2n) is 10.1. The molecule has 1 saturated heterocycles. The van der Waals surface area contributed by atoms with Crippen LogP contribution in [0.4, 0.5) is 37.7 Å². The molecule has 4 aromatic rings. The van der Waals surface area contributed by atoms with E-state index in [1.807, 2.05) is 0 Å². The number of imide groups is 1. The van der Waals surface area contributed by atoms with Gasteiger partial charge in [0.2, 0.25) is 17.7 Å². The highest BCUT2D eigenvalue weighted by Crippen LogP contribution is 2.54. The molecule has 2 aromatic heterocycles. The van der Waals surface area contributed by atoms with Crippen molar-refractivity contribution in [1.82, 2.24) is 9.55 Å². The van der Waals surface area contributed by atoms with Crippen LogP contribution in [0.2, 0.25) is 0 Å². The van der Waals surface area contributed by atoms with Gasteiger partial charge in [-0.05, 0) is 48.0 Å². The predicted octanol–water partition coefficient (Wildman–Crippen LogP) is 5.78. The Morgan fingerprint density at radius 2 is 1.58 bits per heavy atom. The van der Waals surface area contributed by atoms with Crippen LogP contribution in [0.25, 0.3) is 0 Å². The van der Waals surface area contributed by atoms with Gasteiger partial charge in [-0.2, -0.15) is 26.3 Å². The van der Waals surface area contributed by atoms with Gasteiger partial charge in [0.1, 0.15) is 11.8 Å². The first-order valence-electron chi connectivity index (χ1n) is 13.1. The molecule has 0 bridgehead atoms. The Morgan fingerprint density at radius 3 is 2.24 bits per heavy atom. The number of nitrogens with one attached hydrogen (secondary N) is 1. The van der Waals surface area contributed by atoms with Crippen LogP contribution in [0.5, 0.6) is 0 Å². The van der Waals surface area contributed by atoms with Gasteiger partial charge in [0.05, 0.1) is 27.8 Å². The van der Waals surface area contributed by atoms with Crippen LogP contribution >= 0.6 is 23.1 Å². The van der Waals surface area contributed by atoms with Gasteiger partial charge in [-0.25, -0.2) is 4.90 Å². The van der Waals surface area contributed by atoms with Gasteiger partial charge in [0, 0.05) is 28.9 Å². The molecule has 0 aliphatic carbocycles. The van der Waals surface area contributed by atoms with Gasteiger partial charge in [-0.15, -0.1) is 0 Å². The highest BCUT2D eigenvalue weighted by Gasteiger charge is 2.57. The molecule has 0 radical (unpaired) electrons. The number of thioether (sulfide) groups is 1. The van der Waals surface area contributed by atoms with Crippen LogP contribution in [0.3, 0.4) is 0 Å². The van der Waals surface area contributed by atoms with Crippen molar-refractivity contribution in [3.05, 3.63) is 104 Å². The number of hydrogen-bond donors (Lipinski definition) is 1. The van der Waals surface area contributed by atoms with Gasteiger partial charge in [-0.1, -0.05) is 41.3 Å². The minimum absolute atomic E-state index is 0.152. The minimum atomic E-state index is -4.73. The number of benzene rings is 2. The quantitative estimate of drug-likeness (QED) is 0.215. The minimum Gasteiger partial charge on any atom is -0.325 e. The topological polar surface area (TPSA) is 101 Å². The van der Waals surface area contributed by atoms with Crippen molar-refractivity contribution in [1.29, 1.82) is 0 Å². The number of halogens is 6. The van der Waals surface area contributed by atoms with Gasteiger partial charge in [-0.3, -0.25) is 28.7 Å². The van der Waals surface area contributed by atoms with E-state index in [0.717, 1.165) is 58.0 Å². The zero-order chi connectivity index (χ0) is 32.3. The first kappa shape index (κ1) is 30.6. The van der Waals surface area contributed by atoms with Gasteiger partial charge in [0.15, 0.2) is 0 Å². The van der Waals surface area contributed by atoms with E-state index in [9.17, 15) is 45.5 Å². The number of carbonyl (C=O) groups excluding carboxylic acids is 3. The normalized spacial score (nSPS) is 19.8. The van der Waals surface area contributed by atoms with E-state index < -0.39 is 69.7 Å². The third kappa shape index (κ3) is 5.63. The molecule has 232 valence electrons. The summed E-state index contributed by atoms with van der Waals surface area (Å²) in [7, 11) is 0. The van der Waals surface area contributed by atoms with Gasteiger partial charge >= 0.3 is 17.2 Å². The summed E-state index contributed by atoms with van der Waals surface area (Å²) in [6.07, 6.45) is -6.45. The third-order valence-electron chi connectivity index (χ3n) is 7.30. The standard InChI is InChI=1S/C29H18F6N4O4S2/c30-28(31,32)15-5-1-7-17(10-15)37-19(40)13-38-26-23(45-27(38)43)20(14-4-3-9-36-12-14)21-22(44-26)25(42)39(24(21)41)18-8-2-6-16(11-18)29(33,34)35/h1-12,20-22H,13H2,(H,37,40)/t20-,21?,22?/m1/s1. The summed E-state index contributed by atoms with van der Waals surface area (Å²) in [4.78, 5) is 58.2. The number of anilines is 2. The van der Waals surface area contributed by atoms with Crippen LogP contribution < -0.4 is 15.1 Å². The Bertz CT molecular complexity index is 1890. The van der Waals surface area contributed by atoms with E-state index in [2.05, 4.69) is 10.3 Å². The maximum atomic E-state index is 13.8. The molecule has 0 spiro atoms. The third-order valence-corrected chi connectivity index (χ3v) is 9.90. The summed E-state index contributed by atoms with van der Waals surface area (Å²) >= 11 is 1.57. The van der Waals surface area contributed by atoms with Crippen LogP contribution in [0.1, 0.15) is 27.5 Å². The zero-order valence-corrected chi connectivity index (χ0v) is 24.1.